The van der Waals surface area contributed by atoms with E-state index in [9.17, 15) is 29.4 Å². The van der Waals surface area contributed by atoms with E-state index in [-0.39, 0.29) is 42.0 Å². The van der Waals surface area contributed by atoms with Crippen molar-refractivity contribution in [2.45, 2.75) is 63.6 Å². The SMILES string of the molecule is COC(=O)c1c(CC[C@@H](CO)NC(=O)NCCn2cc(C3(O)CCCC3)nn2)oc(C(C)=O)c1C(=O)OC. The van der Waals surface area contributed by atoms with Crippen LogP contribution in [0.25, 0.3) is 0 Å². The lowest BCUT2D eigenvalue weighted by molar-refractivity contribution is 0.0398. The van der Waals surface area contributed by atoms with Gasteiger partial charge >= 0.3 is 18.0 Å². The lowest BCUT2D eigenvalue weighted by Crippen LogP contribution is -2.44. The monoisotopic (exact) mass is 535 g/mol. The van der Waals surface area contributed by atoms with Crippen LogP contribution < -0.4 is 10.6 Å². The summed E-state index contributed by atoms with van der Waals surface area (Å²) in [6.07, 6.45) is 4.95. The molecule has 2 aromatic rings. The number of aromatic nitrogens is 3. The topological polar surface area (TPSA) is 195 Å². The number of nitrogens with one attached hydrogen (secondary N) is 2. The molecule has 0 aliphatic heterocycles. The van der Waals surface area contributed by atoms with Crippen LogP contribution in [0.2, 0.25) is 0 Å². The second-order valence-corrected chi connectivity index (χ2v) is 9.07. The second kappa shape index (κ2) is 12.6. The van der Waals surface area contributed by atoms with Crippen LogP contribution in [0.5, 0.6) is 0 Å². The average Bonchev–Trinajstić information content (AvgIpc) is 3.64. The van der Waals surface area contributed by atoms with E-state index in [0.717, 1.165) is 27.1 Å². The molecule has 208 valence electrons. The number of hydrogen-bond donors (Lipinski definition) is 4. The zero-order chi connectivity index (χ0) is 27.9. The summed E-state index contributed by atoms with van der Waals surface area (Å²) in [5.41, 5.74) is -0.987. The summed E-state index contributed by atoms with van der Waals surface area (Å²) in [5.74, 6) is -2.75. The van der Waals surface area contributed by atoms with Crippen molar-refractivity contribution < 1.29 is 43.3 Å². The highest BCUT2D eigenvalue weighted by atomic mass is 16.5. The van der Waals surface area contributed by atoms with E-state index in [1.807, 2.05) is 0 Å². The maximum absolute atomic E-state index is 12.4. The van der Waals surface area contributed by atoms with E-state index in [1.54, 1.807) is 6.20 Å². The molecule has 0 unspecified atom stereocenters. The number of Topliss-reactive ketones (excluding diaryl/α,β-unsaturated/α-hetero) is 1. The van der Waals surface area contributed by atoms with Crippen LogP contribution in [0.15, 0.2) is 10.6 Å². The fourth-order valence-electron chi connectivity index (χ4n) is 4.39. The minimum atomic E-state index is -0.943. The Bertz CT molecular complexity index is 1170. The summed E-state index contributed by atoms with van der Waals surface area (Å²) in [4.78, 5) is 49.0. The highest BCUT2D eigenvalue weighted by Gasteiger charge is 2.36. The van der Waals surface area contributed by atoms with Gasteiger partial charge in [-0.05, 0) is 19.3 Å². The van der Waals surface area contributed by atoms with Gasteiger partial charge in [-0.15, -0.1) is 5.10 Å². The van der Waals surface area contributed by atoms with Gasteiger partial charge in [0, 0.05) is 19.9 Å². The third-order valence-corrected chi connectivity index (χ3v) is 6.43. The summed E-state index contributed by atoms with van der Waals surface area (Å²) >= 11 is 0. The molecule has 38 heavy (non-hydrogen) atoms. The number of rotatable bonds is 12. The number of carbonyl (C=O) groups is 4. The lowest BCUT2D eigenvalue weighted by atomic mass is 9.99. The molecule has 1 aliphatic carbocycles. The Balaban J connectivity index is 1.57. The molecule has 14 nitrogen and oxygen atoms in total. The van der Waals surface area contributed by atoms with Gasteiger partial charge in [-0.3, -0.25) is 9.48 Å². The van der Waals surface area contributed by atoms with Crippen LogP contribution in [0.3, 0.4) is 0 Å². The summed E-state index contributed by atoms with van der Waals surface area (Å²) < 4.78 is 16.5. The van der Waals surface area contributed by atoms with Gasteiger partial charge in [0.2, 0.25) is 0 Å². The van der Waals surface area contributed by atoms with Gasteiger partial charge in [0.15, 0.2) is 11.5 Å². The van der Waals surface area contributed by atoms with Crippen LogP contribution in [0, 0.1) is 0 Å². The minimum Gasteiger partial charge on any atom is -0.465 e. The number of methoxy groups -OCH3 is 2. The molecule has 2 aromatic heterocycles. The quantitative estimate of drug-likeness (QED) is 0.221. The molecule has 1 fully saturated rings. The van der Waals surface area contributed by atoms with E-state index in [4.69, 9.17) is 9.15 Å². The smallest absolute Gasteiger partial charge is 0.342 e. The highest BCUT2D eigenvalue weighted by molar-refractivity contribution is 6.11. The van der Waals surface area contributed by atoms with Gasteiger partial charge < -0.3 is 34.7 Å². The normalized spacial score (nSPS) is 15.1. The molecule has 1 aliphatic rings. The molecular weight excluding hydrogens is 502 g/mol. The maximum atomic E-state index is 12.4. The number of esters is 2. The third kappa shape index (κ3) is 6.55. The Hall–Kier alpha value is -3.78. The predicted molar refractivity (Wildman–Crippen MR) is 130 cm³/mol. The van der Waals surface area contributed by atoms with E-state index in [1.165, 1.54) is 11.6 Å². The van der Waals surface area contributed by atoms with Crippen molar-refractivity contribution in [2.24, 2.45) is 0 Å². The van der Waals surface area contributed by atoms with Gasteiger partial charge in [0.1, 0.15) is 28.2 Å². The standard InChI is InChI=1S/C24H33N5O9/c1-14(31)20-19(22(33)37-3)18(21(32)36-2)16(38-20)7-6-15(13-30)26-23(34)25-10-11-29-12-17(27-28-29)24(35)8-4-5-9-24/h12,15,30,35H,4-11,13H2,1-3H3,(H2,25,26,34)/t15-/m0/s1. The largest absolute Gasteiger partial charge is 0.465 e. The maximum Gasteiger partial charge on any atom is 0.342 e. The number of carbonyl (C=O) groups excluding carboxylic acids is 4. The zero-order valence-electron chi connectivity index (χ0n) is 21.6. The molecule has 0 bridgehead atoms. The molecule has 0 spiro atoms. The summed E-state index contributed by atoms with van der Waals surface area (Å²) in [5, 5.41) is 33.7. The van der Waals surface area contributed by atoms with E-state index in [2.05, 4.69) is 25.7 Å². The van der Waals surface area contributed by atoms with E-state index in [0.29, 0.717) is 25.1 Å². The fourth-order valence-corrected chi connectivity index (χ4v) is 4.39. The van der Waals surface area contributed by atoms with E-state index < -0.39 is 42.0 Å². The molecule has 3 rings (SSSR count). The predicted octanol–water partition coefficient (Wildman–Crippen LogP) is 0.701. The van der Waals surface area contributed by atoms with Gasteiger partial charge in [-0.2, -0.15) is 0 Å². The van der Waals surface area contributed by atoms with Crippen molar-refractivity contribution in [3.63, 3.8) is 0 Å². The first-order valence-corrected chi connectivity index (χ1v) is 12.2. The third-order valence-electron chi connectivity index (χ3n) is 6.43. The Morgan fingerprint density at radius 3 is 2.42 bits per heavy atom. The number of urea groups is 1. The van der Waals surface area contributed by atoms with Crippen LogP contribution in [0.1, 0.15) is 81.8 Å². The number of aryl methyl sites for hydroxylation is 1. The molecule has 1 atom stereocenters. The second-order valence-electron chi connectivity index (χ2n) is 9.07. The van der Waals surface area contributed by atoms with Crippen molar-refractivity contribution in [1.82, 2.24) is 25.6 Å². The highest BCUT2D eigenvalue weighted by Crippen LogP contribution is 2.37. The molecule has 14 heteroatoms. The first-order valence-electron chi connectivity index (χ1n) is 12.2. The van der Waals surface area contributed by atoms with E-state index >= 15 is 0 Å². The first kappa shape index (κ1) is 28.8. The number of ether oxygens (including phenoxy) is 2. The number of nitrogens with zero attached hydrogens (tertiary/aromatic N) is 3. The van der Waals surface area contributed by atoms with Crippen LogP contribution in [-0.4, -0.2) is 82.4 Å². The summed E-state index contributed by atoms with van der Waals surface area (Å²) in [6, 6.07) is -1.28. The Kier molecular flexibility index (Phi) is 9.58. The molecule has 0 saturated heterocycles. The number of amides is 2. The van der Waals surface area contributed by atoms with Crippen molar-refractivity contribution in [3.05, 3.63) is 34.5 Å². The zero-order valence-corrected chi connectivity index (χ0v) is 21.6. The van der Waals surface area contributed by atoms with Gasteiger partial charge in [-0.25, -0.2) is 14.4 Å². The minimum absolute atomic E-state index is 0.00213. The van der Waals surface area contributed by atoms with Crippen LogP contribution in [0.4, 0.5) is 4.79 Å². The van der Waals surface area contributed by atoms with Gasteiger partial charge in [0.05, 0.1) is 39.6 Å². The summed E-state index contributed by atoms with van der Waals surface area (Å²) in [6.45, 7) is 1.28. The molecular formula is C24H33N5O9. The molecule has 0 radical (unpaired) electrons. The van der Waals surface area contributed by atoms with Gasteiger partial charge in [-0.1, -0.05) is 18.1 Å². The molecule has 1 saturated carbocycles. The fraction of sp³-hybridized carbons (Fsp3) is 0.583. The number of ketones is 1. The van der Waals surface area contributed by atoms with Crippen LogP contribution in [-0.2, 0) is 28.0 Å². The summed E-state index contributed by atoms with van der Waals surface area (Å²) in [7, 11) is 2.22. The Morgan fingerprint density at radius 2 is 1.82 bits per heavy atom. The molecule has 2 heterocycles. The van der Waals surface area contributed by atoms with Crippen molar-refractivity contribution in [1.29, 1.82) is 0 Å². The molecule has 0 aromatic carbocycles. The number of hydrogen-bond acceptors (Lipinski definition) is 11. The number of furan rings is 1. The first-order chi connectivity index (χ1) is 18.1. The number of aliphatic hydroxyl groups is 2. The van der Waals surface area contributed by atoms with Crippen molar-refractivity contribution in [2.75, 3.05) is 27.4 Å². The van der Waals surface area contributed by atoms with Crippen molar-refractivity contribution >= 4 is 23.8 Å². The molecule has 2 amide bonds. The average molecular weight is 536 g/mol. The Morgan fingerprint density at radius 1 is 1.16 bits per heavy atom. The van der Waals surface area contributed by atoms with Crippen LogP contribution >= 0.6 is 0 Å². The lowest BCUT2D eigenvalue weighted by Gasteiger charge is -2.18. The Labute approximate surface area is 218 Å². The van der Waals surface area contributed by atoms with Crippen molar-refractivity contribution in [3.8, 4) is 0 Å². The number of aliphatic hydroxyl groups excluding tert-OH is 1. The van der Waals surface area contributed by atoms with Gasteiger partial charge in [0.25, 0.3) is 0 Å². The molecule has 4 N–H and O–H groups in total.